The van der Waals surface area contributed by atoms with Gasteiger partial charge in [0.05, 0.1) is 11.2 Å². The van der Waals surface area contributed by atoms with E-state index in [4.69, 9.17) is 23.2 Å². The highest BCUT2D eigenvalue weighted by molar-refractivity contribution is 6.36. The van der Waals surface area contributed by atoms with Gasteiger partial charge in [-0.2, -0.15) is 10.1 Å². The number of aromatic nitrogens is 4. The Morgan fingerprint density at radius 3 is 2.84 bits per heavy atom. The fourth-order valence-electron chi connectivity index (χ4n) is 2.50. The first-order valence-electron chi connectivity index (χ1n) is 7.47. The van der Waals surface area contributed by atoms with Crippen LogP contribution >= 0.6 is 23.2 Å². The van der Waals surface area contributed by atoms with Crippen LogP contribution in [-0.2, 0) is 0 Å². The molecule has 0 fully saturated rings. The lowest BCUT2D eigenvalue weighted by Gasteiger charge is -1.99. The first kappa shape index (κ1) is 15.8. The number of nitrogens with one attached hydrogen (secondary N) is 2. The van der Waals surface area contributed by atoms with E-state index in [0.29, 0.717) is 15.7 Å². The van der Waals surface area contributed by atoms with E-state index >= 15 is 0 Å². The lowest BCUT2D eigenvalue weighted by atomic mass is 10.2. The molecule has 6 nitrogen and oxygen atoms in total. The summed E-state index contributed by atoms with van der Waals surface area (Å²) in [5, 5.41) is 14.5. The average molecular weight is 371 g/mol. The maximum Gasteiger partial charge on any atom is 0.265 e. The third-order valence-electron chi connectivity index (χ3n) is 3.70. The van der Waals surface area contributed by atoms with E-state index in [1.165, 1.54) is 0 Å². The largest absolute Gasteiger partial charge is 0.338 e. The normalized spacial score (nSPS) is 11.6. The number of aromatic amines is 1. The molecule has 0 aliphatic carbocycles. The molecule has 0 amide bonds. The number of benzene rings is 2. The van der Waals surface area contributed by atoms with E-state index in [0.717, 1.165) is 27.5 Å². The Balaban J connectivity index is 1.61. The molecule has 2 aromatic heterocycles. The summed E-state index contributed by atoms with van der Waals surface area (Å²) in [4.78, 5) is 7.63. The number of rotatable bonds is 3. The maximum absolute atomic E-state index is 6.10. The number of anilines is 1. The molecule has 8 heteroatoms. The number of hydrogen-bond donors (Lipinski definition) is 2. The van der Waals surface area contributed by atoms with Gasteiger partial charge in [-0.3, -0.25) is 0 Å². The summed E-state index contributed by atoms with van der Waals surface area (Å²) in [6.45, 7) is 2.03. The van der Waals surface area contributed by atoms with Crippen molar-refractivity contribution in [3.8, 4) is 0 Å². The number of aryl methyl sites for hydroxylation is 1. The van der Waals surface area contributed by atoms with Gasteiger partial charge in [0.2, 0.25) is 0 Å². The van der Waals surface area contributed by atoms with Crippen LogP contribution in [0.3, 0.4) is 0 Å². The molecule has 4 aromatic rings. The van der Waals surface area contributed by atoms with Gasteiger partial charge in [0.25, 0.3) is 5.95 Å². The first-order valence-corrected chi connectivity index (χ1v) is 8.22. The van der Waals surface area contributed by atoms with Crippen LogP contribution in [0.25, 0.3) is 22.1 Å². The monoisotopic (exact) mass is 370 g/mol. The topological polar surface area (TPSA) is 78.9 Å². The first-order chi connectivity index (χ1) is 12.1. The van der Waals surface area contributed by atoms with E-state index in [1.807, 2.05) is 19.1 Å². The quantitative estimate of drug-likeness (QED) is 0.409. The van der Waals surface area contributed by atoms with Crippen molar-refractivity contribution < 1.29 is 0 Å². The number of H-pyrrole nitrogens is 1. The Kier molecular flexibility index (Phi) is 3.99. The van der Waals surface area contributed by atoms with Crippen LogP contribution in [-0.4, -0.2) is 26.4 Å². The highest BCUT2D eigenvalue weighted by Crippen LogP contribution is 2.23. The van der Waals surface area contributed by atoms with Crippen LogP contribution in [0, 0.1) is 6.92 Å². The highest BCUT2D eigenvalue weighted by atomic mass is 35.5. The van der Waals surface area contributed by atoms with Gasteiger partial charge < -0.3 is 4.98 Å². The lowest BCUT2D eigenvalue weighted by molar-refractivity contribution is 1.01. The lowest BCUT2D eigenvalue weighted by Crippen LogP contribution is -1.99. The summed E-state index contributed by atoms with van der Waals surface area (Å²) < 4.78 is 0. The summed E-state index contributed by atoms with van der Waals surface area (Å²) in [6, 6.07) is 11.3. The van der Waals surface area contributed by atoms with Crippen LogP contribution in [0.2, 0.25) is 10.0 Å². The Morgan fingerprint density at radius 2 is 2.00 bits per heavy atom. The zero-order chi connectivity index (χ0) is 17.4. The third-order valence-corrected chi connectivity index (χ3v) is 4.26. The molecule has 2 heterocycles. The molecule has 0 aliphatic heterocycles. The summed E-state index contributed by atoms with van der Waals surface area (Å²) in [5.41, 5.74) is 6.99. The van der Waals surface area contributed by atoms with Gasteiger partial charge in [0, 0.05) is 21.5 Å². The molecule has 0 spiro atoms. The fraction of sp³-hybridized carbons (Fsp3) is 0.0588. The van der Waals surface area contributed by atoms with Crippen molar-refractivity contribution in [1.29, 1.82) is 0 Å². The van der Waals surface area contributed by atoms with Crippen LogP contribution in [0.5, 0.6) is 0 Å². The van der Waals surface area contributed by atoms with Gasteiger partial charge in [0.1, 0.15) is 5.52 Å². The number of hydrazone groups is 1. The predicted molar refractivity (Wildman–Crippen MR) is 102 cm³/mol. The second kappa shape index (κ2) is 6.31. The molecule has 0 atom stereocenters. The Hall–Kier alpha value is -2.70. The van der Waals surface area contributed by atoms with E-state index in [-0.39, 0.29) is 5.95 Å². The molecule has 0 saturated carbocycles. The van der Waals surface area contributed by atoms with E-state index in [9.17, 15) is 0 Å². The molecule has 2 N–H and O–H groups in total. The van der Waals surface area contributed by atoms with Crippen LogP contribution in [0.15, 0.2) is 41.5 Å². The molecule has 0 unspecified atom stereocenters. The average Bonchev–Trinajstić information content (AvgIpc) is 2.94. The van der Waals surface area contributed by atoms with Gasteiger partial charge in [-0.1, -0.05) is 40.9 Å². The second-order valence-corrected chi connectivity index (χ2v) is 6.39. The van der Waals surface area contributed by atoms with Crippen LogP contribution < -0.4 is 5.43 Å². The van der Waals surface area contributed by atoms with Crippen molar-refractivity contribution in [3.05, 3.63) is 57.6 Å². The minimum Gasteiger partial charge on any atom is -0.338 e. The van der Waals surface area contributed by atoms with Crippen LogP contribution in [0.1, 0.15) is 11.1 Å². The molecule has 0 saturated heterocycles. The van der Waals surface area contributed by atoms with Crippen molar-refractivity contribution in [1.82, 2.24) is 20.2 Å². The number of fused-ring (bicyclic) bond motifs is 3. The maximum atomic E-state index is 6.10. The molecule has 124 valence electrons. The van der Waals surface area contributed by atoms with Crippen molar-refractivity contribution in [2.75, 3.05) is 5.43 Å². The van der Waals surface area contributed by atoms with Crippen molar-refractivity contribution >= 4 is 57.4 Å². The van der Waals surface area contributed by atoms with Crippen molar-refractivity contribution in [2.45, 2.75) is 6.92 Å². The minimum atomic E-state index is 0.289. The Morgan fingerprint density at radius 1 is 1.12 bits per heavy atom. The van der Waals surface area contributed by atoms with Crippen LogP contribution in [0.4, 0.5) is 5.95 Å². The highest BCUT2D eigenvalue weighted by Gasteiger charge is 2.09. The molecule has 4 rings (SSSR count). The second-order valence-electron chi connectivity index (χ2n) is 5.54. The van der Waals surface area contributed by atoms with Crippen molar-refractivity contribution in [2.24, 2.45) is 5.10 Å². The molecule has 0 aliphatic rings. The van der Waals surface area contributed by atoms with Gasteiger partial charge in [0.15, 0.2) is 5.65 Å². The molecular formula is C17H12Cl2N6. The standard InChI is InChI=1S/C17H12Cl2N6/c1-9-2-5-14-12(6-9)15-16(21-14)22-17(25-23-15)24-20-8-10-3-4-11(18)7-13(10)19/h2-8H,1H3,(H2,21,22,24,25)/b20-8+. The number of nitrogens with zero attached hydrogens (tertiary/aromatic N) is 4. The van der Waals surface area contributed by atoms with Crippen molar-refractivity contribution in [3.63, 3.8) is 0 Å². The molecule has 0 bridgehead atoms. The van der Waals surface area contributed by atoms with E-state index < -0.39 is 0 Å². The molecule has 25 heavy (non-hydrogen) atoms. The minimum absolute atomic E-state index is 0.289. The SMILES string of the molecule is Cc1ccc2[nH]c3nc(N/N=C/c4ccc(Cl)cc4Cl)nnc3c2c1. The molecular weight excluding hydrogens is 359 g/mol. The number of hydrogen-bond acceptors (Lipinski definition) is 5. The molecule has 2 aromatic carbocycles. The summed E-state index contributed by atoms with van der Waals surface area (Å²) >= 11 is 12.0. The van der Waals surface area contributed by atoms with E-state index in [1.54, 1.807) is 24.4 Å². The van der Waals surface area contributed by atoms with Gasteiger partial charge in [-0.25, -0.2) is 5.43 Å². The summed E-state index contributed by atoms with van der Waals surface area (Å²) in [6.07, 6.45) is 1.57. The number of halogens is 2. The van der Waals surface area contributed by atoms with Gasteiger partial charge >= 0.3 is 0 Å². The van der Waals surface area contributed by atoms with Gasteiger partial charge in [-0.05, 0) is 31.2 Å². The summed E-state index contributed by atoms with van der Waals surface area (Å²) in [5.74, 6) is 0.289. The Bertz CT molecular complexity index is 1120. The third kappa shape index (κ3) is 3.14. The molecule has 0 radical (unpaired) electrons. The zero-order valence-corrected chi connectivity index (χ0v) is 14.6. The zero-order valence-electron chi connectivity index (χ0n) is 13.1. The van der Waals surface area contributed by atoms with Gasteiger partial charge in [-0.15, -0.1) is 10.2 Å². The summed E-state index contributed by atoms with van der Waals surface area (Å²) in [7, 11) is 0. The Labute approximate surface area is 152 Å². The fourth-order valence-corrected chi connectivity index (χ4v) is 2.96. The van der Waals surface area contributed by atoms with E-state index in [2.05, 4.69) is 36.8 Å². The smallest absolute Gasteiger partial charge is 0.265 e. The predicted octanol–water partition coefficient (Wildman–Crippen LogP) is 4.57.